The first-order chi connectivity index (χ1) is 8.82. The van der Waals surface area contributed by atoms with Crippen LogP contribution >= 0.6 is 0 Å². The summed E-state index contributed by atoms with van der Waals surface area (Å²) >= 11 is 0. The first kappa shape index (κ1) is 15.1. The van der Waals surface area contributed by atoms with Gasteiger partial charge in [-0.1, -0.05) is 13.8 Å². The Bertz CT molecular complexity index is 405. The van der Waals surface area contributed by atoms with Crippen LogP contribution in [0.5, 0.6) is 0 Å². The third-order valence-corrected chi connectivity index (χ3v) is 2.77. The van der Waals surface area contributed by atoms with Crippen LogP contribution in [0.4, 0.5) is 0 Å². The highest BCUT2D eigenvalue weighted by molar-refractivity contribution is 6.19. The van der Waals surface area contributed by atoms with Crippen LogP contribution in [0.15, 0.2) is 0 Å². The van der Waals surface area contributed by atoms with Crippen LogP contribution in [0.3, 0.4) is 0 Å². The van der Waals surface area contributed by atoms with E-state index in [1.807, 2.05) is 13.8 Å². The molecular weight excluding hydrogens is 252 g/mol. The number of carboxylic acid groups (broad SMARTS) is 1. The second-order valence-electron chi connectivity index (χ2n) is 4.94. The Hall–Kier alpha value is -1.92. The summed E-state index contributed by atoms with van der Waals surface area (Å²) in [5.41, 5.74) is 0. The standard InChI is InChI=1S/C12H18N2O5/c1-7(2)6-14-4-3-8(15)10(12(14)19)11(18)13-5-9(16)17/h7,10H,3-6H2,1-2H3,(H,13,18)(H,16,17). The number of hydrogen-bond acceptors (Lipinski definition) is 4. The van der Waals surface area contributed by atoms with Crippen molar-refractivity contribution in [3.63, 3.8) is 0 Å². The van der Waals surface area contributed by atoms with E-state index in [9.17, 15) is 19.2 Å². The van der Waals surface area contributed by atoms with E-state index in [-0.39, 0.29) is 12.3 Å². The highest BCUT2D eigenvalue weighted by Crippen LogP contribution is 2.16. The number of aliphatic carboxylic acids is 1. The highest BCUT2D eigenvalue weighted by Gasteiger charge is 2.40. The van der Waals surface area contributed by atoms with Crippen molar-refractivity contribution in [1.82, 2.24) is 10.2 Å². The SMILES string of the molecule is CC(C)CN1CCC(=O)C(C(=O)NCC(=O)O)C1=O. The molecule has 1 saturated heterocycles. The van der Waals surface area contributed by atoms with Crippen LogP contribution in [0.2, 0.25) is 0 Å². The summed E-state index contributed by atoms with van der Waals surface area (Å²) in [7, 11) is 0. The highest BCUT2D eigenvalue weighted by atomic mass is 16.4. The van der Waals surface area contributed by atoms with Crippen LogP contribution in [0.1, 0.15) is 20.3 Å². The Balaban J connectivity index is 2.73. The first-order valence-electron chi connectivity index (χ1n) is 6.14. The second kappa shape index (κ2) is 6.31. The minimum absolute atomic E-state index is 0.129. The molecule has 0 spiro atoms. The number of rotatable bonds is 5. The molecule has 2 amide bonds. The summed E-state index contributed by atoms with van der Waals surface area (Å²) in [6, 6.07) is 0. The fraction of sp³-hybridized carbons (Fsp3) is 0.667. The molecule has 1 aliphatic rings. The molecule has 0 aliphatic carbocycles. The molecule has 106 valence electrons. The maximum Gasteiger partial charge on any atom is 0.322 e. The summed E-state index contributed by atoms with van der Waals surface area (Å²) < 4.78 is 0. The molecule has 1 aliphatic heterocycles. The number of Topliss-reactive ketones (excluding diaryl/α,β-unsaturated/α-hetero) is 1. The summed E-state index contributed by atoms with van der Waals surface area (Å²) in [5, 5.41) is 10.5. The smallest absolute Gasteiger partial charge is 0.322 e. The van der Waals surface area contributed by atoms with Gasteiger partial charge in [-0.15, -0.1) is 0 Å². The zero-order valence-corrected chi connectivity index (χ0v) is 11.0. The van der Waals surface area contributed by atoms with Crippen LogP contribution in [-0.4, -0.2) is 53.2 Å². The number of amides is 2. The van der Waals surface area contributed by atoms with Crippen molar-refractivity contribution >= 4 is 23.6 Å². The number of nitrogens with one attached hydrogen (secondary N) is 1. The Morgan fingerprint density at radius 3 is 2.58 bits per heavy atom. The zero-order chi connectivity index (χ0) is 14.6. The Kier molecular flexibility index (Phi) is 5.02. The fourth-order valence-electron chi connectivity index (χ4n) is 1.97. The molecule has 0 aromatic rings. The van der Waals surface area contributed by atoms with E-state index in [4.69, 9.17) is 5.11 Å². The molecule has 1 atom stereocenters. The molecule has 0 aromatic carbocycles. The van der Waals surface area contributed by atoms with Crippen molar-refractivity contribution in [3.8, 4) is 0 Å². The molecule has 0 radical (unpaired) electrons. The third-order valence-electron chi connectivity index (χ3n) is 2.77. The quantitative estimate of drug-likeness (QED) is 0.640. The average molecular weight is 270 g/mol. The van der Waals surface area contributed by atoms with Gasteiger partial charge >= 0.3 is 5.97 Å². The van der Waals surface area contributed by atoms with Gasteiger partial charge in [-0.2, -0.15) is 0 Å². The Labute approximate surface area is 110 Å². The first-order valence-corrected chi connectivity index (χ1v) is 6.14. The van der Waals surface area contributed by atoms with Crippen molar-refractivity contribution in [3.05, 3.63) is 0 Å². The zero-order valence-electron chi connectivity index (χ0n) is 11.0. The Morgan fingerprint density at radius 2 is 2.05 bits per heavy atom. The maximum atomic E-state index is 12.1. The van der Waals surface area contributed by atoms with E-state index < -0.39 is 36.0 Å². The lowest BCUT2D eigenvalue weighted by Gasteiger charge is -2.31. The largest absolute Gasteiger partial charge is 0.480 e. The molecule has 1 heterocycles. The number of likely N-dealkylation sites (tertiary alicyclic amines) is 1. The van der Waals surface area contributed by atoms with Gasteiger partial charge < -0.3 is 15.3 Å². The predicted molar refractivity (Wildman–Crippen MR) is 65.2 cm³/mol. The van der Waals surface area contributed by atoms with E-state index in [2.05, 4.69) is 5.32 Å². The monoisotopic (exact) mass is 270 g/mol. The van der Waals surface area contributed by atoms with Crippen molar-refractivity contribution in [2.75, 3.05) is 19.6 Å². The van der Waals surface area contributed by atoms with E-state index >= 15 is 0 Å². The molecule has 19 heavy (non-hydrogen) atoms. The predicted octanol–water partition coefficient (Wildman–Crippen LogP) is -0.739. The summed E-state index contributed by atoms with van der Waals surface area (Å²) in [4.78, 5) is 47.3. The minimum atomic E-state index is -1.40. The maximum absolute atomic E-state index is 12.1. The molecule has 0 bridgehead atoms. The molecule has 1 fully saturated rings. The van der Waals surface area contributed by atoms with Crippen molar-refractivity contribution < 1.29 is 24.3 Å². The van der Waals surface area contributed by atoms with Gasteiger partial charge in [0.2, 0.25) is 11.8 Å². The van der Waals surface area contributed by atoms with Gasteiger partial charge in [0.15, 0.2) is 11.7 Å². The number of piperidine rings is 1. The topological polar surface area (TPSA) is 104 Å². The van der Waals surface area contributed by atoms with Gasteiger partial charge in [-0.05, 0) is 5.92 Å². The van der Waals surface area contributed by atoms with Crippen molar-refractivity contribution in [1.29, 1.82) is 0 Å². The summed E-state index contributed by atoms with van der Waals surface area (Å²) in [6.45, 7) is 4.07. The minimum Gasteiger partial charge on any atom is -0.480 e. The number of nitrogens with zero attached hydrogens (tertiary/aromatic N) is 1. The van der Waals surface area contributed by atoms with E-state index in [1.54, 1.807) is 0 Å². The van der Waals surface area contributed by atoms with Gasteiger partial charge in [0, 0.05) is 19.5 Å². The van der Waals surface area contributed by atoms with Crippen molar-refractivity contribution in [2.24, 2.45) is 11.8 Å². The van der Waals surface area contributed by atoms with Crippen LogP contribution in [0, 0.1) is 11.8 Å². The van der Waals surface area contributed by atoms with Crippen LogP contribution in [-0.2, 0) is 19.2 Å². The second-order valence-corrected chi connectivity index (χ2v) is 4.94. The number of ketones is 1. The fourth-order valence-corrected chi connectivity index (χ4v) is 1.97. The van der Waals surface area contributed by atoms with E-state index in [1.165, 1.54) is 4.90 Å². The summed E-state index contributed by atoms with van der Waals surface area (Å²) in [5.74, 6) is -4.19. The number of carbonyl (C=O) groups excluding carboxylic acids is 3. The number of hydrogen-bond donors (Lipinski definition) is 2. The normalized spacial score (nSPS) is 19.7. The number of carboxylic acids is 1. The molecule has 0 aromatic heterocycles. The van der Waals surface area contributed by atoms with E-state index in [0.717, 1.165) is 0 Å². The molecule has 1 unspecified atom stereocenters. The summed E-state index contributed by atoms with van der Waals surface area (Å²) in [6.07, 6.45) is 0.129. The van der Waals surface area contributed by atoms with Crippen LogP contribution < -0.4 is 5.32 Å². The molecule has 7 heteroatoms. The molecule has 7 nitrogen and oxygen atoms in total. The lowest BCUT2D eigenvalue weighted by molar-refractivity contribution is -0.152. The lowest BCUT2D eigenvalue weighted by Crippen LogP contribution is -2.53. The van der Waals surface area contributed by atoms with Crippen LogP contribution in [0.25, 0.3) is 0 Å². The molecule has 2 N–H and O–H groups in total. The van der Waals surface area contributed by atoms with Gasteiger partial charge in [-0.3, -0.25) is 19.2 Å². The van der Waals surface area contributed by atoms with Gasteiger partial charge in [0.1, 0.15) is 6.54 Å². The van der Waals surface area contributed by atoms with Gasteiger partial charge in [0.25, 0.3) is 0 Å². The van der Waals surface area contributed by atoms with E-state index in [0.29, 0.717) is 13.1 Å². The third kappa shape index (κ3) is 4.04. The Morgan fingerprint density at radius 1 is 1.42 bits per heavy atom. The lowest BCUT2D eigenvalue weighted by atomic mass is 9.94. The average Bonchev–Trinajstić information content (AvgIpc) is 2.30. The molecule has 1 rings (SSSR count). The van der Waals surface area contributed by atoms with Crippen molar-refractivity contribution in [2.45, 2.75) is 20.3 Å². The number of carbonyl (C=O) groups is 4. The van der Waals surface area contributed by atoms with Gasteiger partial charge in [-0.25, -0.2) is 0 Å². The molecular formula is C12H18N2O5. The molecule has 0 saturated carbocycles. The van der Waals surface area contributed by atoms with Gasteiger partial charge in [0.05, 0.1) is 0 Å².